The molecule has 0 saturated heterocycles. The Kier molecular flexibility index (Phi) is 33.9. The first-order valence-corrected chi connectivity index (χ1v) is 21.0. The van der Waals surface area contributed by atoms with Crippen molar-refractivity contribution in [3.8, 4) is 0 Å². The number of nitrogens with zero attached hydrogens (tertiary/aromatic N) is 1. The van der Waals surface area contributed by atoms with E-state index in [0.717, 1.165) is 38.5 Å². The van der Waals surface area contributed by atoms with Crippen LogP contribution in [0.5, 0.6) is 0 Å². The molecule has 52 heavy (non-hydrogen) atoms. The zero-order valence-corrected chi connectivity index (χ0v) is 34.2. The first-order valence-electron chi connectivity index (χ1n) is 21.0. The average molecular weight is 734 g/mol. The highest BCUT2D eigenvalue weighted by Gasteiger charge is 2.25. The van der Waals surface area contributed by atoms with Gasteiger partial charge < -0.3 is 28.6 Å². The minimum Gasteiger partial charge on any atom is -0.544 e. The predicted octanol–water partition coefficient (Wildman–Crippen LogP) is 9.74. The van der Waals surface area contributed by atoms with Gasteiger partial charge in [0.1, 0.15) is 12.6 Å². The number of unbranched alkanes of at least 4 members (excludes halogenated alkanes) is 17. The SMILES string of the molecule is CCCCCCCC/C=C/C/C=C/C/C=C/CCCC(=O)OCC(COCCC(C(=O)[O-])[N+](C)(C)C)OC(=O)CCCCCCCCCCCCC. The minimum absolute atomic E-state index is 0.0271. The van der Waals surface area contributed by atoms with Crippen LogP contribution in [-0.2, 0) is 28.6 Å². The second kappa shape index (κ2) is 35.6. The van der Waals surface area contributed by atoms with E-state index < -0.39 is 18.1 Å². The van der Waals surface area contributed by atoms with Crippen LogP contribution in [-0.4, -0.2) is 75.5 Å². The molecule has 0 aromatic heterocycles. The Morgan fingerprint density at radius 3 is 1.56 bits per heavy atom. The third-order valence-corrected chi connectivity index (χ3v) is 9.28. The molecule has 0 aliphatic carbocycles. The smallest absolute Gasteiger partial charge is 0.306 e. The van der Waals surface area contributed by atoms with Crippen LogP contribution < -0.4 is 5.11 Å². The Morgan fingerprint density at radius 1 is 0.577 bits per heavy atom. The van der Waals surface area contributed by atoms with E-state index in [1.165, 1.54) is 96.3 Å². The van der Waals surface area contributed by atoms with Gasteiger partial charge in [0, 0.05) is 19.3 Å². The van der Waals surface area contributed by atoms with E-state index in [4.69, 9.17) is 14.2 Å². The number of aliphatic carboxylic acids is 1. The topological polar surface area (TPSA) is 102 Å². The van der Waals surface area contributed by atoms with E-state index in [1.807, 2.05) is 0 Å². The molecule has 0 saturated carbocycles. The molecule has 0 rings (SSSR count). The number of carbonyl (C=O) groups is 3. The number of hydrogen-bond acceptors (Lipinski definition) is 7. The van der Waals surface area contributed by atoms with Gasteiger partial charge in [-0.1, -0.05) is 147 Å². The lowest BCUT2D eigenvalue weighted by Crippen LogP contribution is -2.55. The highest BCUT2D eigenvalue weighted by Crippen LogP contribution is 2.14. The Morgan fingerprint density at radius 2 is 1.04 bits per heavy atom. The molecular weight excluding hydrogens is 654 g/mol. The fourth-order valence-electron chi connectivity index (χ4n) is 5.97. The number of esters is 2. The van der Waals surface area contributed by atoms with Crippen LogP contribution in [0, 0.1) is 0 Å². The third kappa shape index (κ3) is 33.4. The fourth-order valence-corrected chi connectivity index (χ4v) is 5.97. The van der Waals surface area contributed by atoms with Gasteiger partial charge in [0.2, 0.25) is 0 Å². The summed E-state index contributed by atoms with van der Waals surface area (Å²) in [6.07, 6.45) is 38.9. The van der Waals surface area contributed by atoms with Gasteiger partial charge in [-0.05, 0) is 44.9 Å². The second-order valence-electron chi connectivity index (χ2n) is 15.2. The van der Waals surface area contributed by atoms with Crippen molar-refractivity contribution in [2.24, 2.45) is 0 Å². The van der Waals surface area contributed by atoms with Crippen LogP contribution in [0.3, 0.4) is 0 Å². The van der Waals surface area contributed by atoms with Crippen molar-refractivity contribution in [1.82, 2.24) is 0 Å². The number of carboxylic acid groups (broad SMARTS) is 1. The van der Waals surface area contributed by atoms with Gasteiger partial charge in [-0.25, -0.2) is 0 Å². The Labute approximate surface area is 319 Å². The van der Waals surface area contributed by atoms with Crippen molar-refractivity contribution < 1.29 is 38.2 Å². The number of rotatable bonds is 37. The zero-order chi connectivity index (χ0) is 38.5. The molecule has 0 fully saturated rings. The summed E-state index contributed by atoms with van der Waals surface area (Å²) in [7, 11) is 5.39. The number of ether oxygens (including phenoxy) is 3. The van der Waals surface area contributed by atoms with E-state index in [-0.39, 0.29) is 49.1 Å². The molecule has 0 aromatic carbocycles. The molecule has 0 spiro atoms. The van der Waals surface area contributed by atoms with Crippen LogP contribution in [0.15, 0.2) is 36.5 Å². The van der Waals surface area contributed by atoms with Crippen molar-refractivity contribution >= 4 is 17.9 Å². The van der Waals surface area contributed by atoms with Crippen molar-refractivity contribution in [2.45, 2.75) is 187 Å². The summed E-state index contributed by atoms with van der Waals surface area (Å²) >= 11 is 0. The van der Waals surface area contributed by atoms with Gasteiger partial charge in [0.05, 0.1) is 40.3 Å². The standard InChI is InChI=1S/C44H79NO7/c1-6-8-10-12-14-16-18-19-20-21-22-23-25-26-28-30-32-34-42(46)51-39-40(38-50-37-36-41(44(48)49)45(3,4)5)52-43(47)35-33-31-29-27-24-17-15-13-11-9-7-2/h19-20,22-23,26,28,40-41H,6-18,21,24-25,27,29-39H2,1-5H3/b20-19+,23-22+,28-26+. The molecular formula is C44H79NO7. The third-order valence-electron chi connectivity index (χ3n) is 9.28. The Hall–Kier alpha value is -2.45. The van der Waals surface area contributed by atoms with E-state index in [0.29, 0.717) is 12.8 Å². The zero-order valence-electron chi connectivity index (χ0n) is 34.2. The summed E-state index contributed by atoms with van der Waals surface area (Å²) in [6, 6.07) is -0.730. The van der Waals surface area contributed by atoms with E-state index in [9.17, 15) is 19.5 Å². The maximum absolute atomic E-state index is 12.6. The number of carbonyl (C=O) groups excluding carboxylic acids is 3. The molecule has 0 N–H and O–H groups in total. The number of hydrogen-bond donors (Lipinski definition) is 0. The Balaban J connectivity index is 4.43. The maximum atomic E-state index is 12.6. The van der Waals surface area contributed by atoms with Gasteiger partial charge in [-0.15, -0.1) is 0 Å². The Bertz CT molecular complexity index is 953. The lowest BCUT2D eigenvalue weighted by atomic mass is 10.1. The molecule has 0 aliphatic heterocycles. The molecule has 0 aromatic rings. The molecule has 0 aliphatic rings. The molecule has 8 heteroatoms. The molecule has 302 valence electrons. The summed E-state index contributed by atoms with van der Waals surface area (Å²) in [4.78, 5) is 36.7. The van der Waals surface area contributed by atoms with Crippen molar-refractivity contribution in [3.63, 3.8) is 0 Å². The molecule has 2 atom stereocenters. The first-order chi connectivity index (χ1) is 25.1. The van der Waals surface area contributed by atoms with Crippen LogP contribution in [0.1, 0.15) is 174 Å². The van der Waals surface area contributed by atoms with E-state index >= 15 is 0 Å². The van der Waals surface area contributed by atoms with Crippen LogP contribution in [0.25, 0.3) is 0 Å². The number of quaternary nitrogens is 1. The van der Waals surface area contributed by atoms with Crippen molar-refractivity contribution in [2.75, 3.05) is 41.0 Å². The van der Waals surface area contributed by atoms with Gasteiger partial charge in [-0.2, -0.15) is 0 Å². The lowest BCUT2D eigenvalue weighted by molar-refractivity contribution is -0.889. The predicted molar refractivity (Wildman–Crippen MR) is 213 cm³/mol. The molecule has 0 heterocycles. The number of likely N-dealkylation sites (N-methyl/N-ethyl adjacent to an activating group) is 1. The molecule has 0 radical (unpaired) electrons. The number of carboxylic acids is 1. The average Bonchev–Trinajstić information content (AvgIpc) is 3.09. The van der Waals surface area contributed by atoms with Crippen LogP contribution in [0.4, 0.5) is 0 Å². The maximum Gasteiger partial charge on any atom is 0.306 e. The minimum atomic E-state index is -1.13. The largest absolute Gasteiger partial charge is 0.544 e. The highest BCUT2D eigenvalue weighted by molar-refractivity contribution is 5.70. The summed E-state index contributed by atoms with van der Waals surface area (Å²) in [5.41, 5.74) is 0. The van der Waals surface area contributed by atoms with E-state index in [2.05, 4.69) is 50.3 Å². The summed E-state index contributed by atoms with van der Waals surface area (Å²) in [5, 5.41) is 11.6. The van der Waals surface area contributed by atoms with Gasteiger partial charge >= 0.3 is 11.9 Å². The van der Waals surface area contributed by atoms with Gasteiger partial charge in [-0.3, -0.25) is 9.59 Å². The quantitative estimate of drug-likeness (QED) is 0.0271. The summed E-state index contributed by atoms with van der Waals surface area (Å²) in [6.45, 7) is 4.59. The molecule has 2 unspecified atom stereocenters. The van der Waals surface area contributed by atoms with Crippen LogP contribution in [0.2, 0.25) is 0 Å². The van der Waals surface area contributed by atoms with Crippen molar-refractivity contribution in [1.29, 1.82) is 0 Å². The van der Waals surface area contributed by atoms with Gasteiger partial charge in [0.25, 0.3) is 0 Å². The first kappa shape index (κ1) is 49.6. The normalized spacial score (nSPS) is 13.3. The molecule has 8 nitrogen and oxygen atoms in total. The summed E-state index contributed by atoms with van der Waals surface area (Å²) < 4.78 is 17.1. The summed E-state index contributed by atoms with van der Waals surface area (Å²) in [5.74, 6) is -1.80. The fraction of sp³-hybridized carbons (Fsp3) is 0.795. The monoisotopic (exact) mass is 734 g/mol. The molecule has 0 bridgehead atoms. The van der Waals surface area contributed by atoms with Gasteiger partial charge in [0.15, 0.2) is 6.10 Å². The number of allylic oxidation sites excluding steroid dienone is 6. The highest BCUT2D eigenvalue weighted by atomic mass is 16.6. The molecule has 0 amide bonds. The van der Waals surface area contributed by atoms with Crippen LogP contribution >= 0.6 is 0 Å². The van der Waals surface area contributed by atoms with Crippen molar-refractivity contribution in [3.05, 3.63) is 36.5 Å². The van der Waals surface area contributed by atoms with E-state index in [1.54, 1.807) is 21.1 Å². The second-order valence-corrected chi connectivity index (χ2v) is 15.2. The lowest BCUT2D eigenvalue weighted by Gasteiger charge is -2.34.